The lowest BCUT2D eigenvalue weighted by atomic mass is 9.87. The van der Waals surface area contributed by atoms with Gasteiger partial charge in [0.2, 0.25) is 5.91 Å². The first-order chi connectivity index (χ1) is 24.3. The maximum atomic E-state index is 14.3. The zero-order valence-corrected chi connectivity index (χ0v) is 30.8. The molecule has 5 rings (SSSR count). The molecule has 2 atom stereocenters. The van der Waals surface area contributed by atoms with E-state index >= 15 is 0 Å². The fourth-order valence-corrected chi connectivity index (χ4v) is 8.95. The summed E-state index contributed by atoms with van der Waals surface area (Å²) in [6.45, 7) is 11.2. The molecular formula is C39H52N4O6S. The maximum absolute atomic E-state index is 14.3. The van der Waals surface area contributed by atoms with Gasteiger partial charge in [-0.1, -0.05) is 68.8 Å². The Balaban J connectivity index is 1.31. The van der Waals surface area contributed by atoms with Gasteiger partial charge in [0.1, 0.15) is 6.61 Å². The molecular weight excluding hydrogens is 653 g/mol. The van der Waals surface area contributed by atoms with Crippen molar-refractivity contribution in [1.82, 2.24) is 20.0 Å². The molecule has 2 fully saturated rings. The Morgan fingerprint density at radius 1 is 0.920 bits per heavy atom. The van der Waals surface area contributed by atoms with Gasteiger partial charge in [-0.3, -0.25) is 19.4 Å². The van der Waals surface area contributed by atoms with Crippen LogP contribution in [0.2, 0.25) is 0 Å². The normalized spacial score (nSPS) is 19.3. The summed E-state index contributed by atoms with van der Waals surface area (Å²) in [5, 5.41) is 3.87. The van der Waals surface area contributed by atoms with Crippen molar-refractivity contribution in [3.63, 3.8) is 0 Å². The van der Waals surface area contributed by atoms with E-state index in [2.05, 4.69) is 23.2 Å². The number of ether oxygens (including phenoxy) is 2. The maximum Gasteiger partial charge on any atom is 0.411 e. The predicted octanol–water partition coefficient (Wildman–Crippen LogP) is 6.58. The van der Waals surface area contributed by atoms with Crippen LogP contribution in [0.5, 0.6) is 0 Å². The molecule has 270 valence electrons. The number of amides is 3. The van der Waals surface area contributed by atoms with Gasteiger partial charge in [-0.05, 0) is 51.2 Å². The second-order valence-electron chi connectivity index (χ2n) is 13.3. The van der Waals surface area contributed by atoms with Crippen LogP contribution >= 0.6 is 11.3 Å². The number of rotatable bonds is 13. The lowest BCUT2D eigenvalue weighted by Gasteiger charge is -2.51. The molecule has 2 aliphatic rings. The van der Waals surface area contributed by atoms with E-state index < -0.39 is 17.6 Å². The Morgan fingerprint density at radius 2 is 1.64 bits per heavy atom. The number of hydrogen-bond acceptors (Lipinski definition) is 8. The van der Waals surface area contributed by atoms with Gasteiger partial charge in [0, 0.05) is 72.6 Å². The van der Waals surface area contributed by atoms with E-state index in [0.717, 1.165) is 45.4 Å². The topological polar surface area (TPSA) is 108 Å². The Labute approximate surface area is 300 Å². The quantitative estimate of drug-likeness (QED) is 0.200. The standard InChI is InChI=1S/C39H52N4O6S/c1-5-20-39(37(46)48-8-4)27-42(23-24-43(39)38(47)49-26-28-14-10-9-11-15-28)30-18-21-41(22-19-30)36(45)34-31-16-12-13-17-32(31)50-35(34)29(6-2)25-33(44)40-7-3/h9-17,29-30H,5-8,18-27H2,1-4H3,(H,40,44). The number of thiophene rings is 1. The first-order valence-electron chi connectivity index (χ1n) is 18.2. The van der Waals surface area contributed by atoms with Crippen molar-refractivity contribution in [3.8, 4) is 0 Å². The molecule has 0 bridgehead atoms. The molecule has 1 N–H and O–H groups in total. The Morgan fingerprint density at radius 3 is 2.32 bits per heavy atom. The molecule has 1 aromatic heterocycles. The Kier molecular flexibility index (Phi) is 12.9. The van der Waals surface area contributed by atoms with E-state index in [1.54, 1.807) is 23.2 Å². The first kappa shape index (κ1) is 37.3. The van der Waals surface area contributed by atoms with Crippen molar-refractivity contribution in [2.45, 2.75) is 90.3 Å². The van der Waals surface area contributed by atoms with Crippen molar-refractivity contribution >= 4 is 45.3 Å². The molecule has 2 aromatic carbocycles. The highest BCUT2D eigenvalue weighted by atomic mass is 32.1. The minimum atomic E-state index is -1.16. The number of carbonyl (C=O) groups is 4. The number of nitrogens with zero attached hydrogens (tertiary/aromatic N) is 3. The smallest absolute Gasteiger partial charge is 0.411 e. The number of fused-ring (bicyclic) bond motifs is 1. The van der Waals surface area contributed by atoms with Crippen molar-refractivity contribution < 1.29 is 28.7 Å². The fourth-order valence-electron chi connectivity index (χ4n) is 7.57. The van der Waals surface area contributed by atoms with E-state index in [1.165, 1.54) is 0 Å². The molecule has 2 saturated heterocycles. The van der Waals surface area contributed by atoms with Gasteiger partial charge in [0.15, 0.2) is 5.54 Å². The molecule has 50 heavy (non-hydrogen) atoms. The summed E-state index contributed by atoms with van der Waals surface area (Å²) in [5.74, 6) is -0.419. The molecule has 0 aliphatic carbocycles. The third-order valence-electron chi connectivity index (χ3n) is 10.1. The summed E-state index contributed by atoms with van der Waals surface area (Å²) in [6.07, 6.45) is 3.27. The molecule has 2 unspecified atom stereocenters. The van der Waals surface area contributed by atoms with Crippen molar-refractivity contribution in [3.05, 3.63) is 70.6 Å². The van der Waals surface area contributed by atoms with Crippen molar-refractivity contribution in [1.29, 1.82) is 0 Å². The van der Waals surface area contributed by atoms with Crippen LogP contribution in [0.1, 0.15) is 92.9 Å². The Hall–Kier alpha value is -3.96. The average Bonchev–Trinajstić information content (AvgIpc) is 3.52. The van der Waals surface area contributed by atoms with Gasteiger partial charge in [0.05, 0.1) is 12.2 Å². The molecule has 0 saturated carbocycles. The van der Waals surface area contributed by atoms with Crippen LogP contribution in [0, 0.1) is 0 Å². The number of nitrogens with one attached hydrogen (secondary N) is 1. The number of carbonyl (C=O) groups excluding carboxylic acids is 4. The van der Waals surface area contributed by atoms with Crippen molar-refractivity contribution in [2.75, 3.05) is 45.9 Å². The monoisotopic (exact) mass is 704 g/mol. The highest BCUT2D eigenvalue weighted by molar-refractivity contribution is 7.19. The van der Waals surface area contributed by atoms with Crippen LogP contribution in [0.3, 0.4) is 0 Å². The van der Waals surface area contributed by atoms with E-state index in [-0.39, 0.29) is 37.0 Å². The largest absolute Gasteiger partial charge is 0.464 e. The van der Waals surface area contributed by atoms with E-state index in [1.807, 2.05) is 67.3 Å². The number of likely N-dealkylation sites (tertiary alicyclic amines) is 1. The highest BCUT2D eigenvalue weighted by Gasteiger charge is 2.52. The van der Waals surface area contributed by atoms with Crippen LogP contribution in [-0.2, 0) is 25.7 Å². The predicted molar refractivity (Wildman–Crippen MR) is 196 cm³/mol. The minimum Gasteiger partial charge on any atom is -0.464 e. The zero-order chi connectivity index (χ0) is 35.7. The third-order valence-corrected chi connectivity index (χ3v) is 11.4. The van der Waals surface area contributed by atoms with E-state index in [0.29, 0.717) is 58.5 Å². The van der Waals surface area contributed by atoms with Gasteiger partial charge in [0.25, 0.3) is 5.91 Å². The lowest BCUT2D eigenvalue weighted by molar-refractivity contribution is -0.163. The first-order valence-corrected chi connectivity index (χ1v) is 19.0. The molecule has 0 spiro atoms. The van der Waals surface area contributed by atoms with Gasteiger partial charge >= 0.3 is 12.1 Å². The molecule has 2 aliphatic heterocycles. The van der Waals surface area contributed by atoms with Crippen LogP contribution in [0.4, 0.5) is 4.79 Å². The van der Waals surface area contributed by atoms with E-state index in [9.17, 15) is 19.2 Å². The van der Waals surface area contributed by atoms with Crippen LogP contribution < -0.4 is 5.32 Å². The number of piperidine rings is 1. The summed E-state index contributed by atoms with van der Waals surface area (Å²) >= 11 is 1.63. The molecule has 11 heteroatoms. The van der Waals surface area contributed by atoms with Crippen LogP contribution in [-0.4, -0.2) is 96.0 Å². The van der Waals surface area contributed by atoms with Gasteiger partial charge in [-0.15, -0.1) is 11.3 Å². The molecule has 3 amide bonds. The average molecular weight is 705 g/mol. The van der Waals surface area contributed by atoms with Gasteiger partial charge in [-0.2, -0.15) is 0 Å². The van der Waals surface area contributed by atoms with Gasteiger partial charge in [-0.25, -0.2) is 9.59 Å². The molecule has 3 aromatic rings. The molecule has 10 nitrogen and oxygen atoms in total. The third kappa shape index (κ3) is 8.15. The molecule has 3 heterocycles. The van der Waals surface area contributed by atoms with E-state index in [4.69, 9.17) is 9.47 Å². The highest BCUT2D eigenvalue weighted by Crippen LogP contribution is 2.40. The molecule has 0 radical (unpaired) electrons. The number of hydrogen-bond donors (Lipinski definition) is 1. The summed E-state index contributed by atoms with van der Waals surface area (Å²) < 4.78 is 12.4. The van der Waals surface area contributed by atoms with Crippen LogP contribution in [0.25, 0.3) is 10.1 Å². The fraction of sp³-hybridized carbons (Fsp3) is 0.538. The zero-order valence-electron chi connectivity index (χ0n) is 29.9. The summed E-state index contributed by atoms with van der Waals surface area (Å²) in [5.41, 5.74) is 0.452. The summed E-state index contributed by atoms with van der Waals surface area (Å²) in [4.78, 5) is 61.1. The second kappa shape index (κ2) is 17.3. The number of benzene rings is 2. The SMILES string of the molecule is CCCC1(C(=O)OCC)CN(C2CCN(C(=O)c3c(C(CC)CC(=O)NCC)sc4ccccc34)CC2)CCN1C(=O)OCc1ccccc1. The number of esters is 1. The van der Waals surface area contributed by atoms with Gasteiger partial charge < -0.3 is 19.7 Å². The Bertz CT molecular complexity index is 1620. The number of piperazine rings is 1. The summed E-state index contributed by atoms with van der Waals surface area (Å²) in [7, 11) is 0. The summed E-state index contributed by atoms with van der Waals surface area (Å²) in [6, 6.07) is 17.7. The lowest BCUT2D eigenvalue weighted by Crippen LogP contribution is -2.69. The minimum absolute atomic E-state index is 0.00235. The van der Waals surface area contributed by atoms with Crippen LogP contribution in [0.15, 0.2) is 54.6 Å². The van der Waals surface area contributed by atoms with Crippen molar-refractivity contribution in [2.24, 2.45) is 0 Å². The second-order valence-corrected chi connectivity index (χ2v) is 14.4.